The molecule has 22 heavy (non-hydrogen) atoms. The molecule has 4 rings (SSSR count). The molecule has 0 fully saturated rings. The highest BCUT2D eigenvalue weighted by Crippen LogP contribution is 2.35. The topological polar surface area (TPSA) is 38.9 Å². The monoisotopic (exact) mass is 288 g/mol. The van der Waals surface area contributed by atoms with Crippen LogP contribution in [-0.2, 0) is 0 Å². The summed E-state index contributed by atoms with van der Waals surface area (Å²) in [6.45, 7) is 6.03. The summed E-state index contributed by atoms with van der Waals surface area (Å²) in [6.07, 6.45) is 1.80. The van der Waals surface area contributed by atoms with Gasteiger partial charge in [-0.3, -0.25) is 9.97 Å². The first-order valence-electron chi connectivity index (χ1n) is 7.36. The van der Waals surface area contributed by atoms with Crippen molar-refractivity contribution in [1.29, 1.82) is 0 Å². The van der Waals surface area contributed by atoms with Gasteiger partial charge in [-0.15, -0.1) is 0 Å². The second-order valence-electron chi connectivity index (χ2n) is 5.73. The van der Waals surface area contributed by atoms with Crippen LogP contribution in [0.4, 0.5) is 0 Å². The summed E-state index contributed by atoms with van der Waals surface area (Å²) in [4.78, 5) is 9.08. The summed E-state index contributed by atoms with van der Waals surface area (Å²) in [7, 11) is 0. The van der Waals surface area contributed by atoms with E-state index < -0.39 is 0 Å². The van der Waals surface area contributed by atoms with E-state index in [-0.39, 0.29) is 0 Å². The van der Waals surface area contributed by atoms with Crippen LogP contribution >= 0.6 is 0 Å². The van der Waals surface area contributed by atoms with Gasteiger partial charge in [-0.05, 0) is 39.0 Å². The van der Waals surface area contributed by atoms with Crippen LogP contribution in [0.3, 0.4) is 0 Å². The highest BCUT2D eigenvalue weighted by Gasteiger charge is 2.14. The quantitative estimate of drug-likeness (QED) is 0.496. The van der Waals surface area contributed by atoms with Gasteiger partial charge in [0.15, 0.2) is 0 Å². The van der Waals surface area contributed by atoms with Crippen molar-refractivity contribution < 1.29 is 4.42 Å². The Kier molecular flexibility index (Phi) is 2.76. The Morgan fingerprint density at radius 2 is 1.82 bits per heavy atom. The fraction of sp³-hybridized carbons (Fsp3) is 0.158. The van der Waals surface area contributed by atoms with Crippen molar-refractivity contribution in [2.75, 3.05) is 0 Å². The molecular weight excluding hydrogens is 272 g/mol. The molecule has 2 heterocycles. The molecule has 2 aromatic carbocycles. The predicted octanol–water partition coefficient (Wildman–Crippen LogP) is 4.97. The molecule has 4 aromatic rings. The summed E-state index contributed by atoms with van der Waals surface area (Å²) in [5.41, 5.74) is 6.74. The van der Waals surface area contributed by atoms with E-state index in [1.807, 2.05) is 26.0 Å². The van der Waals surface area contributed by atoms with Crippen LogP contribution in [-0.4, -0.2) is 9.97 Å². The summed E-state index contributed by atoms with van der Waals surface area (Å²) in [6, 6.07) is 12.5. The van der Waals surface area contributed by atoms with E-state index in [4.69, 9.17) is 4.42 Å². The molecule has 0 radical (unpaired) electrons. The van der Waals surface area contributed by atoms with E-state index in [9.17, 15) is 0 Å². The molecule has 0 N–H and O–H groups in total. The molecular formula is C19H16N2O. The highest BCUT2D eigenvalue weighted by molar-refractivity contribution is 6.09. The minimum absolute atomic E-state index is 0.879. The van der Waals surface area contributed by atoms with Crippen LogP contribution < -0.4 is 0 Å². The average Bonchev–Trinajstić information content (AvgIpc) is 2.85. The minimum atomic E-state index is 0.879. The second-order valence-corrected chi connectivity index (χ2v) is 5.73. The third-order valence-electron chi connectivity index (χ3n) is 3.97. The molecule has 3 nitrogen and oxygen atoms in total. The lowest BCUT2D eigenvalue weighted by Crippen LogP contribution is -1.94. The number of aromatic nitrogens is 2. The molecule has 3 heteroatoms. The molecule has 2 aromatic heterocycles. The maximum absolute atomic E-state index is 6.11. The van der Waals surface area contributed by atoms with Crippen LogP contribution in [0.5, 0.6) is 0 Å². The molecule has 0 saturated carbocycles. The maximum atomic E-state index is 6.11. The number of nitrogens with zero attached hydrogens (tertiary/aromatic N) is 2. The van der Waals surface area contributed by atoms with E-state index in [2.05, 4.69) is 41.2 Å². The van der Waals surface area contributed by atoms with Crippen LogP contribution in [0.1, 0.15) is 17.0 Å². The second kappa shape index (κ2) is 4.67. The number of fused-ring (bicyclic) bond motifs is 3. The maximum Gasteiger partial charge on any atom is 0.144 e. The Morgan fingerprint density at radius 3 is 2.64 bits per heavy atom. The van der Waals surface area contributed by atoms with Crippen LogP contribution in [0.25, 0.3) is 33.2 Å². The van der Waals surface area contributed by atoms with Crippen molar-refractivity contribution >= 4 is 21.9 Å². The zero-order valence-corrected chi connectivity index (χ0v) is 12.8. The molecule has 0 aliphatic heterocycles. The zero-order valence-electron chi connectivity index (χ0n) is 12.8. The summed E-state index contributed by atoms with van der Waals surface area (Å²) < 4.78 is 6.11. The molecule has 0 aliphatic rings. The van der Waals surface area contributed by atoms with E-state index in [1.54, 1.807) is 6.20 Å². The largest absolute Gasteiger partial charge is 0.455 e. The Balaban J connectivity index is 2.08. The molecule has 0 amide bonds. The van der Waals surface area contributed by atoms with Crippen molar-refractivity contribution in [2.45, 2.75) is 20.8 Å². The highest BCUT2D eigenvalue weighted by atomic mass is 16.3. The Hall–Kier alpha value is -2.68. The molecule has 0 unspecified atom stereocenters. The predicted molar refractivity (Wildman–Crippen MR) is 89.0 cm³/mol. The van der Waals surface area contributed by atoms with Crippen molar-refractivity contribution in [1.82, 2.24) is 9.97 Å². The van der Waals surface area contributed by atoms with Crippen LogP contribution in [0.2, 0.25) is 0 Å². The van der Waals surface area contributed by atoms with E-state index in [0.29, 0.717) is 0 Å². The molecule has 0 atom stereocenters. The summed E-state index contributed by atoms with van der Waals surface area (Å²) in [5, 5.41) is 2.27. The summed E-state index contributed by atoms with van der Waals surface area (Å²) in [5.74, 6) is 0. The van der Waals surface area contributed by atoms with Gasteiger partial charge in [0.25, 0.3) is 0 Å². The molecule has 108 valence electrons. The third-order valence-corrected chi connectivity index (χ3v) is 3.97. The standard InChI is InChI=1S/C19H16N2O/c1-11-7-8-17-16(9-11)14-5-4-6-15(19(14)22-17)18-13(3)21-12(2)10-20-18/h4-10H,1-3H3. The Bertz CT molecular complexity index is 1010. The van der Waals surface area contributed by atoms with Gasteiger partial charge < -0.3 is 4.42 Å². The fourth-order valence-corrected chi connectivity index (χ4v) is 2.96. The third kappa shape index (κ3) is 1.90. The van der Waals surface area contributed by atoms with Gasteiger partial charge in [-0.1, -0.05) is 23.8 Å². The summed E-state index contributed by atoms with van der Waals surface area (Å²) >= 11 is 0. The normalized spacial score (nSPS) is 11.4. The van der Waals surface area contributed by atoms with Gasteiger partial charge in [-0.25, -0.2) is 0 Å². The van der Waals surface area contributed by atoms with Gasteiger partial charge in [-0.2, -0.15) is 0 Å². The molecule has 0 bridgehead atoms. The van der Waals surface area contributed by atoms with Crippen molar-refractivity contribution in [3.63, 3.8) is 0 Å². The first-order valence-corrected chi connectivity index (χ1v) is 7.36. The number of rotatable bonds is 1. The number of para-hydroxylation sites is 1. The first-order chi connectivity index (χ1) is 10.6. The van der Waals surface area contributed by atoms with Gasteiger partial charge in [0, 0.05) is 22.5 Å². The lowest BCUT2D eigenvalue weighted by atomic mass is 10.0. The van der Waals surface area contributed by atoms with E-state index >= 15 is 0 Å². The van der Waals surface area contributed by atoms with Crippen molar-refractivity contribution in [3.8, 4) is 11.3 Å². The van der Waals surface area contributed by atoms with Crippen molar-refractivity contribution in [3.05, 3.63) is 59.5 Å². The first kappa shape index (κ1) is 13.0. The van der Waals surface area contributed by atoms with Crippen LogP contribution in [0, 0.1) is 20.8 Å². The van der Waals surface area contributed by atoms with Gasteiger partial charge in [0.1, 0.15) is 11.2 Å². The number of benzene rings is 2. The lowest BCUT2D eigenvalue weighted by Gasteiger charge is -2.05. The average molecular weight is 288 g/mol. The number of aryl methyl sites for hydroxylation is 3. The molecule has 0 spiro atoms. The Morgan fingerprint density at radius 1 is 0.955 bits per heavy atom. The Labute approximate surface area is 128 Å². The zero-order chi connectivity index (χ0) is 15.3. The number of furan rings is 1. The lowest BCUT2D eigenvalue weighted by molar-refractivity contribution is 0.669. The van der Waals surface area contributed by atoms with Gasteiger partial charge in [0.2, 0.25) is 0 Å². The van der Waals surface area contributed by atoms with E-state index in [0.717, 1.165) is 44.6 Å². The molecule has 0 saturated heterocycles. The van der Waals surface area contributed by atoms with Crippen LogP contribution in [0.15, 0.2) is 47.0 Å². The SMILES string of the molecule is Cc1ccc2oc3c(-c4ncc(C)nc4C)cccc3c2c1. The van der Waals surface area contributed by atoms with Gasteiger partial charge in [0.05, 0.1) is 17.1 Å². The fourth-order valence-electron chi connectivity index (χ4n) is 2.96. The van der Waals surface area contributed by atoms with Gasteiger partial charge >= 0.3 is 0 Å². The molecule has 0 aliphatic carbocycles. The van der Waals surface area contributed by atoms with Crippen molar-refractivity contribution in [2.24, 2.45) is 0 Å². The minimum Gasteiger partial charge on any atom is -0.455 e. The smallest absolute Gasteiger partial charge is 0.144 e. The van der Waals surface area contributed by atoms with E-state index in [1.165, 1.54) is 5.56 Å². The number of hydrogen-bond donors (Lipinski definition) is 0. The number of hydrogen-bond acceptors (Lipinski definition) is 3.